The summed E-state index contributed by atoms with van der Waals surface area (Å²) in [5, 5.41) is 7.34. The van der Waals surface area contributed by atoms with E-state index in [0.29, 0.717) is 30.9 Å². The van der Waals surface area contributed by atoms with Crippen molar-refractivity contribution in [1.29, 1.82) is 0 Å². The van der Waals surface area contributed by atoms with E-state index < -0.39 is 0 Å². The summed E-state index contributed by atoms with van der Waals surface area (Å²) in [4.78, 5) is 12.1. The Labute approximate surface area is 165 Å². The van der Waals surface area contributed by atoms with Crippen LogP contribution in [0.4, 0.5) is 0 Å². The van der Waals surface area contributed by atoms with Gasteiger partial charge in [0, 0.05) is 19.2 Å². The molecule has 1 aromatic heterocycles. The van der Waals surface area contributed by atoms with E-state index in [-0.39, 0.29) is 5.91 Å². The SMILES string of the molecule is COc1ccc(CCC(=O)NCCc2cnn(-c3ccccc3)c2)cc1OC. The normalized spacial score (nSPS) is 10.5. The first kappa shape index (κ1) is 19.5. The quantitative estimate of drug-likeness (QED) is 0.620. The monoisotopic (exact) mass is 379 g/mol. The molecule has 6 nitrogen and oxygen atoms in total. The van der Waals surface area contributed by atoms with Crippen LogP contribution in [-0.4, -0.2) is 36.5 Å². The maximum Gasteiger partial charge on any atom is 0.220 e. The van der Waals surface area contributed by atoms with Crippen LogP contribution in [0.15, 0.2) is 60.9 Å². The summed E-state index contributed by atoms with van der Waals surface area (Å²) in [6, 6.07) is 15.7. The highest BCUT2D eigenvalue weighted by molar-refractivity contribution is 5.76. The Kier molecular flexibility index (Phi) is 6.68. The molecular formula is C22H25N3O3. The van der Waals surface area contributed by atoms with Crippen LogP contribution >= 0.6 is 0 Å². The smallest absolute Gasteiger partial charge is 0.220 e. The van der Waals surface area contributed by atoms with Gasteiger partial charge in [-0.25, -0.2) is 4.68 Å². The number of hydrogen-bond acceptors (Lipinski definition) is 4. The standard InChI is InChI=1S/C22H25N3O3/c1-27-20-10-8-17(14-21(20)28-2)9-11-22(26)23-13-12-18-15-24-25(16-18)19-6-4-3-5-7-19/h3-8,10,14-16H,9,11-13H2,1-2H3,(H,23,26). The van der Waals surface area contributed by atoms with Gasteiger partial charge in [-0.3, -0.25) is 4.79 Å². The number of rotatable bonds is 9. The Balaban J connectivity index is 1.43. The molecule has 0 fully saturated rings. The summed E-state index contributed by atoms with van der Waals surface area (Å²) in [7, 11) is 3.21. The summed E-state index contributed by atoms with van der Waals surface area (Å²) >= 11 is 0. The number of aromatic nitrogens is 2. The lowest BCUT2D eigenvalue weighted by Crippen LogP contribution is -2.25. The molecule has 2 aromatic carbocycles. The molecule has 0 spiro atoms. The van der Waals surface area contributed by atoms with Crippen LogP contribution in [0.5, 0.6) is 11.5 Å². The van der Waals surface area contributed by atoms with E-state index in [1.165, 1.54) is 0 Å². The second-order valence-electron chi connectivity index (χ2n) is 6.42. The third-order valence-electron chi connectivity index (χ3n) is 4.48. The molecule has 0 aliphatic rings. The van der Waals surface area contributed by atoms with Crippen molar-refractivity contribution < 1.29 is 14.3 Å². The van der Waals surface area contributed by atoms with Gasteiger partial charge in [0.2, 0.25) is 5.91 Å². The minimum absolute atomic E-state index is 0.0326. The molecule has 1 N–H and O–H groups in total. The van der Waals surface area contributed by atoms with E-state index >= 15 is 0 Å². The molecule has 3 aromatic rings. The van der Waals surface area contributed by atoms with E-state index in [1.807, 2.05) is 65.6 Å². The summed E-state index contributed by atoms with van der Waals surface area (Å²) in [5.74, 6) is 1.40. The highest BCUT2D eigenvalue weighted by Gasteiger charge is 2.07. The minimum atomic E-state index is 0.0326. The molecule has 0 unspecified atom stereocenters. The molecule has 1 heterocycles. The van der Waals surface area contributed by atoms with Crippen molar-refractivity contribution >= 4 is 5.91 Å². The Morgan fingerprint density at radius 3 is 2.54 bits per heavy atom. The van der Waals surface area contributed by atoms with Gasteiger partial charge in [0.15, 0.2) is 11.5 Å². The zero-order chi connectivity index (χ0) is 19.8. The van der Waals surface area contributed by atoms with Gasteiger partial charge < -0.3 is 14.8 Å². The average Bonchev–Trinajstić information content (AvgIpc) is 3.21. The molecule has 0 aliphatic carbocycles. The third kappa shape index (κ3) is 5.13. The molecular weight excluding hydrogens is 354 g/mol. The van der Waals surface area contributed by atoms with E-state index in [0.717, 1.165) is 23.2 Å². The van der Waals surface area contributed by atoms with E-state index in [2.05, 4.69) is 10.4 Å². The van der Waals surface area contributed by atoms with Crippen LogP contribution in [-0.2, 0) is 17.6 Å². The van der Waals surface area contributed by atoms with Gasteiger partial charge in [0.25, 0.3) is 0 Å². The van der Waals surface area contributed by atoms with Gasteiger partial charge in [-0.05, 0) is 48.2 Å². The molecule has 0 aliphatic heterocycles. The van der Waals surface area contributed by atoms with Crippen LogP contribution in [0.2, 0.25) is 0 Å². The van der Waals surface area contributed by atoms with Crippen LogP contribution in [0.25, 0.3) is 5.69 Å². The molecule has 0 atom stereocenters. The fraction of sp³-hybridized carbons (Fsp3) is 0.273. The molecule has 0 bridgehead atoms. The first-order chi connectivity index (χ1) is 13.7. The van der Waals surface area contributed by atoms with Gasteiger partial charge in [-0.2, -0.15) is 5.10 Å². The lowest BCUT2D eigenvalue weighted by atomic mass is 10.1. The number of methoxy groups -OCH3 is 2. The number of nitrogens with zero attached hydrogens (tertiary/aromatic N) is 2. The fourth-order valence-electron chi connectivity index (χ4n) is 2.94. The number of carbonyl (C=O) groups is 1. The van der Waals surface area contributed by atoms with Gasteiger partial charge in [0.05, 0.1) is 26.1 Å². The van der Waals surface area contributed by atoms with E-state index in [1.54, 1.807) is 14.2 Å². The fourth-order valence-corrected chi connectivity index (χ4v) is 2.94. The third-order valence-corrected chi connectivity index (χ3v) is 4.48. The Hall–Kier alpha value is -3.28. The number of nitrogens with one attached hydrogen (secondary N) is 1. The highest BCUT2D eigenvalue weighted by atomic mass is 16.5. The van der Waals surface area contributed by atoms with Crippen LogP contribution < -0.4 is 14.8 Å². The lowest BCUT2D eigenvalue weighted by molar-refractivity contribution is -0.121. The molecule has 0 saturated heterocycles. The minimum Gasteiger partial charge on any atom is -0.493 e. The number of benzene rings is 2. The largest absolute Gasteiger partial charge is 0.493 e. The summed E-state index contributed by atoms with van der Waals surface area (Å²) in [6.07, 6.45) is 5.65. The molecule has 1 amide bonds. The van der Waals surface area contributed by atoms with Crippen molar-refractivity contribution in [3.8, 4) is 17.2 Å². The van der Waals surface area contributed by atoms with Crippen LogP contribution in [0.3, 0.4) is 0 Å². The second-order valence-corrected chi connectivity index (χ2v) is 6.42. The molecule has 28 heavy (non-hydrogen) atoms. The first-order valence-corrected chi connectivity index (χ1v) is 9.26. The summed E-state index contributed by atoms with van der Waals surface area (Å²) < 4.78 is 12.4. The number of hydrogen-bond donors (Lipinski definition) is 1. The molecule has 146 valence electrons. The lowest BCUT2D eigenvalue weighted by Gasteiger charge is -2.09. The molecule has 0 saturated carbocycles. The zero-order valence-electron chi connectivity index (χ0n) is 16.2. The number of para-hydroxylation sites is 1. The van der Waals surface area contributed by atoms with E-state index in [4.69, 9.17) is 9.47 Å². The van der Waals surface area contributed by atoms with Crippen molar-refractivity contribution in [2.24, 2.45) is 0 Å². The van der Waals surface area contributed by atoms with Crippen molar-refractivity contribution in [3.63, 3.8) is 0 Å². The number of amides is 1. The number of ether oxygens (including phenoxy) is 2. The molecule has 6 heteroatoms. The second kappa shape index (κ2) is 9.60. The maximum atomic E-state index is 12.1. The Morgan fingerprint density at radius 2 is 1.79 bits per heavy atom. The van der Waals surface area contributed by atoms with Gasteiger partial charge in [0.1, 0.15) is 0 Å². The Morgan fingerprint density at radius 1 is 1.00 bits per heavy atom. The average molecular weight is 379 g/mol. The molecule has 3 rings (SSSR count). The topological polar surface area (TPSA) is 65.4 Å². The van der Waals surface area contributed by atoms with Crippen molar-refractivity contribution in [1.82, 2.24) is 15.1 Å². The Bertz CT molecular complexity index is 906. The number of aryl methyl sites for hydroxylation is 1. The predicted octanol–water partition coefficient (Wildman–Crippen LogP) is 3.18. The van der Waals surface area contributed by atoms with Gasteiger partial charge in [-0.15, -0.1) is 0 Å². The maximum absolute atomic E-state index is 12.1. The van der Waals surface area contributed by atoms with Gasteiger partial charge in [-0.1, -0.05) is 24.3 Å². The van der Waals surface area contributed by atoms with Crippen molar-refractivity contribution in [2.75, 3.05) is 20.8 Å². The van der Waals surface area contributed by atoms with Gasteiger partial charge >= 0.3 is 0 Å². The van der Waals surface area contributed by atoms with Crippen molar-refractivity contribution in [3.05, 3.63) is 72.1 Å². The van der Waals surface area contributed by atoms with Crippen LogP contribution in [0.1, 0.15) is 17.5 Å². The highest BCUT2D eigenvalue weighted by Crippen LogP contribution is 2.27. The molecule has 0 radical (unpaired) electrons. The number of carbonyl (C=O) groups excluding carboxylic acids is 1. The van der Waals surface area contributed by atoms with Crippen LogP contribution in [0, 0.1) is 0 Å². The summed E-state index contributed by atoms with van der Waals surface area (Å²) in [5.41, 5.74) is 3.15. The summed E-state index contributed by atoms with van der Waals surface area (Å²) in [6.45, 7) is 0.589. The van der Waals surface area contributed by atoms with E-state index in [9.17, 15) is 4.79 Å². The predicted molar refractivity (Wildman–Crippen MR) is 108 cm³/mol. The zero-order valence-corrected chi connectivity index (χ0v) is 16.2. The van der Waals surface area contributed by atoms with Crippen molar-refractivity contribution in [2.45, 2.75) is 19.3 Å². The first-order valence-electron chi connectivity index (χ1n) is 9.26.